The van der Waals surface area contributed by atoms with E-state index < -0.39 is 0 Å². The fraction of sp³-hybridized carbons (Fsp3) is 0.200. The third kappa shape index (κ3) is 4.40. The topological polar surface area (TPSA) is 141 Å². The molecule has 12 heteroatoms. The summed E-state index contributed by atoms with van der Waals surface area (Å²) >= 11 is 0. The van der Waals surface area contributed by atoms with Crippen LogP contribution in [-0.2, 0) is 4.79 Å². The Balaban J connectivity index is 1.21. The zero-order chi connectivity index (χ0) is 25.4. The van der Waals surface area contributed by atoms with E-state index in [0.29, 0.717) is 53.3 Å². The number of nitrogens with zero attached hydrogens (tertiary/aromatic N) is 9. The van der Waals surface area contributed by atoms with Crippen LogP contribution in [0.25, 0.3) is 28.5 Å². The average molecular weight is 495 g/mol. The van der Waals surface area contributed by atoms with Crippen LogP contribution < -0.4 is 5.32 Å². The van der Waals surface area contributed by atoms with Crippen LogP contribution >= 0.6 is 0 Å². The molecule has 12 nitrogen and oxygen atoms in total. The van der Waals surface area contributed by atoms with Gasteiger partial charge in [0, 0.05) is 25.9 Å². The van der Waals surface area contributed by atoms with Crippen molar-refractivity contribution >= 4 is 17.7 Å². The molecular weight excluding hydrogens is 472 g/mol. The maximum atomic E-state index is 12.3. The van der Waals surface area contributed by atoms with Crippen molar-refractivity contribution in [2.75, 3.05) is 18.9 Å². The number of carbonyl (C=O) groups excluding carboxylic acids is 1. The molecule has 1 fully saturated rings. The molecule has 1 amide bonds. The van der Waals surface area contributed by atoms with Crippen LogP contribution in [0.1, 0.15) is 23.9 Å². The second-order valence-corrected chi connectivity index (χ2v) is 8.63. The SMILES string of the molecule is Cc1ncnn1-c1ccc(Nc2nccc(-c3cccc(-c4cc([C@@H]5CCN(C)C5=O)on4)n3)n2)nc1. The van der Waals surface area contributed by atoms with Crippen molar-refractivity contribution in [2.24, 2.45) is 0 Å². The molecule has 0 aromatic carbocycles. The summed E-state index contributed by atoms with van der Waals surface area (Å²) in [5.74, 6) is 2.05. The van der Waals surface area contributed by atoms with Crippen LogP contribution in [0.3, 0.4) is 0 Å². The number of likely N-dealkylation sites (tertiary alicyclic amines) is 1. The molecule has 184 valence electrons. The quantitative estimate of drug-likeness (QED) is 0.374. The summed E-state index contributed by atoms with van der Waals surface area (Å²) in [5, 5.41) is 11.5. The van der Waals surface area contributed by atoms with Gasteiger partial charge in [-0.05, 0) is 43.7 Å². The third-order valence-corrected chi connectivity index (χ3v) is 6.18. The molecule has 1 aliphatic rings. The molecule has 37 heavy (non-hydrogen) atoms. The Morgan fingerprint density at radius 3 is 2.57 bits per heavy atom. The van der Waals surface area contributed by atoms with Gasteiger partial charge in [-0.1, -0.05) is 11.2 Å². The van der Waals surface area contributed by atoms with Gasteiger partial charge in [-0.2, -0.15) is 5.10 Å². The van der Waals surface area contributed by atoms with Gasteiger partial charge in [-0.25, -0.2) is 29.6 Å². The largest absolute Gasteiger partial charge is 0.360 e. The number of likely N-dealkylation sites (N-methyl/N-ethyl adjacent to an activating group) is 1. The van der Waals surface area contributed by atoms with Crippen molar-refractivity contribution < 1.29 is 9.32 Å². The number of nitrogens with one attached hydrogen (secondary N) is 1. The Kier molecular flexibility index (Phi) is 5.60. The summed E-state index contributed by atoms with van der Waals surface area (Å²) in [4.78, 5) is 36.2. The number of hydrogen-bond acceptors (Lipinski definition) is 10. The number of aryl methyl sites for hydroxylation is 1. The summed E-state index contributed by atoms with van der Waals surface area (Å²) in [5.41, 5.74) is 3.27. The van der Waals surface area contributed by atoms with E-state index in [1.165, 1.54) is 6.33 Å². The maximum Gasteiger partial charge on any atom is 0.233 e. The molecule has 1 aliphatic heterocycles. The molecule has 5 aromatic rings. The van der Waals surface area contributed by atoms with Crippen molar-refractivity contribution in [3.05, 3.63) is 72.8 Å². The molecule has 1 saturated heterocycles. The van der Waals surface area contributed by atoms with Gasteiger partial charge in [-0.3, -0.25) is 4.79 Å². The molecule has 1 atom stereocenters. The second kappa shape index (κ2) is 9.22. The van der Waals surface area contributed by atoms with Gasteiger partial charge in [0.1, 0.15) is 35.3 Å². The molecule has 1 N–H and O–H groups in total. The molecule has 0 spiro atoms. The van der Waals surface area contributed by atoms with E-state index in [9.17, 15) is 4.79 Å². The first-order valence-corrected chi connectivity index (χ1v) is 11.7. The highest BCUT2D eigenvalue weighted by Crippen LogP contribution is 2.31. The van der Waals surface area contributed by atoms with E-state index in [1.807, 2.05) is 37.3 Å². The zero-order valence-electron chi connectivity index (χ0n) is 20.1. The van der Waals surface area contributed by atoms with Gasteiger partial charge in [0.2, 0.25) is 11.9 Å². The maximum absolute atomic E-state index is 12.3. The van der Waals surface area contributed by atoms with E-state index in [2.05, 4.69) is 35.5 Å². The van der Waals surface area contributed by atoms with E-state index in [0.717, 1.165) is 11.5 Å². The highest BCUT2D eigenvalue weighted by molar-refractivity contribution is 5.85. The van der Waals surface area contributed by atoms with Crippen LogP contribution in [0.15, 0.2) is 65.7 Å². The lowest BCUT2D eigenvalue weighted by molar-refractivity contribution is -0.128. The first-order valence-electron chi connectivity index (χ1n) is 11.7. The minimum Gasteiger partial charge on any atom is -0.360 e. The van der Waals surface area contributed by atoms with Gasteiger partial charge in [0.15, 0.2) is 0 Å². The molecule has 6 heterocycles. The van der Waals surface area contributed by atoms with Crippen LogP contribution in [0, 0.1) is 6.92 Å². The first kappa shape index (κ1) is 22.5. The molecule has 0 aliphatic carbocycles. The Hall–Kier alpha value is -5.00. The minimum absolute atomic E-state index is 0.0445. The molecular formula is C25H22N10O2. The lowest BCUT2D eigenvalue weighted by Crippen LogP contribution is -2.21. The lowest BCUT2D eigenvalue weighted by Gasteiger charge is -2.08. The Morgan fingerprint density at radius 1 is 1.00 bits per heavy atom. The van der Waals surface area contributed by atoms with Crippen LogP contribution in [0.2, 0.25) is 0 Å². The smallest absolute Gasteiger partial charge is 0.233 e. The Labute approximate surface area is 211 Å². The van der Waals surface area contributed by atoms with Crippen molar-refractivity contribution in [3.63, 3.8) is 0 Å². The fourth-order valence-corrected chi connectivity index (χ4v) is 4.19. The van der Waals surface area contributed by atoms with Gasteiger partial charge in [-0.15, -0.1) is 0 Å². The molecule has 0 bridgehead atoms. The molecule has 0 saturated carbocycles. The standard InChI is InChI=1S/C25H22N10O2/c1-15-28-14-29-35(15)16-6-7-23(27-13-16)32-25-26-10-8-20(31-25)18-4-3-5-19(30-18)21-12-22(37-33-21)17-9-11-34(2)24(17)36/h3-8,10,12-14,17H,9,11H2,1-2H3,(H,26,27,31,32)/t17-/m0/s1. The monoisotopic (exact) mass is 494 g/mol. The van der Waals surface area contributed by atoms with Crippen molar-refractivity contribution in [1.29, 1.82) is 0 Å². The number of aromatic nitrogens is 8. The molecule has 5 aromatic heterocycles. The molecule has 0 radical (unpaired) electrons. The predicted octanol–water partition coefficient (Wildman–Crippen LogP) is 3.17. The zero-order valence-corrected chi connectivity index (χ0v) is 20.1. The average Bonchev–Trinajstić information content (AvgIpc) is 3.66. The first-order chi connectivity index (χ1) is 18.0. The highest BCUT2D eigenvalue weighted by Gasteiger charge is 2.33. The van der Waals surface area contributed by atoms with Gasteiger partial charge in [0.05, 0.1) is 29.0 Å². The Morgan fingerprint density at radius 2 is 1.84 bits per heavy atom. The molecule has 6 rings (SSSR count). The third-order valence-electron chi connectivity index (χ3n) is 6.18. The fourth-order valence-electron chi connectivity index (χ4n) is 4.19. The number of anilines is 2. The number of carbonyl (C=O) groups is 1. The van der Waals surface area contributed by atoms with E-state index >= 15 is 0 Å². The highest BCUT2D eigenvalue weighted by atomic mass is 16.5. The normalized spacial score (nSPS) is 15.4. The summed E-state index contributed by atoms with van der Waals surface area (Å²) < 4.78 is 7.21. The Bertz CT molecular complexity index is 1580. The van der Waals surface area contributed by atoms with Gasteiger partial charge in [0.25, 0.3) is 0 Å². The van der Waals surface area contributed by atoms with Crippen LogP contribution in [0.4, 0.5) is 11.8 Å². The number of rotatable bonds is 6. The number of hydrogen-bond donors (Lipinski definition) is 1. The summed E-state index contributed by atoms with van der Waals surface area (Å²) in [6.45, 7) is 2.58. The molecule has 0 unspecified atom stereocenters. The van der Waals surface area contributed by atoms with Crippen molar-refractivity contribution in [3.8, 4) is 28.5 Å². The van der Waals surface area contributed by atoms with E-state index in [-0.39, 0.29) is 11.8 Å². The summed E-state index contributed by atoms with van der Waals surface area (Å²) in [6.07, 6.45) is 5.57. The number of pyridine rings is 2. The lowest BCUT2D eigenvalue weighted by atomic mass is 10.0. The minimum atomic E-state index is -0.298. The van der Waals surface area contributed by atoms with Gasteiger partial charge < -0.3 is 14.7 Å². The van der Waals surface area contributed by atoms with E-state index in [1.54, 1.807) is 41.2 Å². The van der Waals surface area contributed by atoms with Crippen molar-refractivity contribution in [1.82, 2.24) is 44.8 Å². The predicted molar refractivity (Wildman–Crippen MR) is 133 cm³/mol. The van der Waals surface area contributed by atoms with Crippen LogP contribution in [-0.4, -0.2) is 64.3 Å². The summed E-state index contributed by atoms with van der Waals surface area (Å²) in [7, 11) is 1.79. The number of amides is 1. The van der Waals surface area contributed by atoms with E-state index in [4.69, 9.17) is 9.51 Å². The van der Waals surface area contributed by atoms with Crippen LogP contribution in [0.5, 0.6) is 0 Å². The van der Waals surface area contributed by atoms with Gasteiger partial charge >= 0.3 is 0 Å². The second-order valence-electron chi connectivity index (χ2n) is 8.63. The summed E-state index contributed by atoms with van der Waals surface area (Å²) in [6, 6.07) is 12.9. The van der Waals surface area contributed by atoms with Crippen molar-refractivity contribution in [2.45, 2.75) is 19.3 Å².